The molecule has 2 heterocycles. The van der Waals surface area contributed by atoms with Crippen molar-refractivity contribution in [3.05, 3.63) is 11.1 Å². The van der Waals surface area contributed by atoms with Crippen LogP contribution in [0.3, 0.4) is 0 Å². The van der Waals surface area contributed by atoms with E-state index in [1.807, 2.05) is 0 Å². The van der Waals surface area contributed by atoms with E-state index < -0.39 is 0 Å². The average molecular weight is 269 g/mol. The maximum atomic E-state index is 11.8. The second kappa shape index (κ2) is 5.03. The summed E-state index contributed by atoms with van der Waals surface area (Å²) in [6, 6.07) is 0. The first-order valence-electron chi connectivity index (χ1n) is 5.58. The molecule has 0 atom stereocenters. The summed E-state index contributed by atoms with van der Waals surface area (Å²) in [4.78, 5) is 26.7. The van der Waals surface area contributed by atoms with Gasteiger partial charge >= 0.3 is 0 Å². The molecule has 1 aliphatic rings. The maximum Gasteiger partial charge on any atom is 0.270 e. The van der Waals surface area contributed by atoms with Gasteiger partial charge in [0.25, 0.3) is 5.91 Å². The number of nitrogens with zero attached hydrogens (tertiary/aromatic N) is 1. The molecule has 7 heteroatoms. The van der Waals surface area contributed by atoms with Gasteiger partial charge in [0.1, 0.15) is 5.69 Å². The minimum atomic E-state index is -0.226. The standard InChI is InChI=1S/C11H15N3O3S/c1-7(15)13-10-14-8(3-18-10)9(16)12-4-11(2)5-17-6-11/h3H,4-6H2,1-2H3,(H,12,16)(H,13,14,15). The first-order chi connectivity index (χ1) is 8.48. The number of anilines is 1. The van der Waals surface area contributed by atoms with Crippen LogP contribution in [0.15, 0.2) is 5.38 Å². The van der Waals surface area contributed by atoms with Gasteiger partial charge in [-0.1, -0.05) is 6.92 Å². The van der Waals surface area contributed by atoms with Gasteiger partial charge in [-0.25, -0.2) is 4.98 Å². The van der Waals surface area contributed by atoms with Gasteiger partial charge in [-0.2, -0.15) is 0 Å². The topological polar surface area (TPSA) is 80.3 Å². The van der Waals surface area contributed by atoms with E-state index in [-0.39, 0.29) is 17.2 Å². The molecule has 1 aromatic rings. The van der Waals surface area contributed by atoms with Crippen molar-refractivity contribution >= 4 is 28.3 Å². The Bertz CT molecular complexity index is 468. The summed E-state index contributed by atoms with van der Waals surface area (Å²) < 4.78 is 5.11. The summed E-state index contributed by atoms with van der Waals surface area (Å²) in [7, 11) is 0. The fourth-order valence-electron chi connectivity index (χ4n) is 1.52. The van der Waals surface area contributed by atoms with E-state index in [0.29, 0.717) is 30.6 Å². The van der Waals surface area contributed by atoms with Gasteiger partial charge in [0.05, 0.1) is 13.2 Å². The molecule has 2 N–H and O–H groups in total. The third-order valence-corrected chi connectivity index (χ3v) is 3.35. The zero-order valence-electron chi connectivity index (χ0n) is 10.3. The number of carbonyl (C=O) groups excluding carboxylic acids is 2. The van der Waals surface area contributed by atoms with Crippen LogP contribution in [-0.2, 0) is 9.53 Å². The molecule has 0 saturated carbocycles. The number of hydrogen-bond acceptors (Lipinski definition) is 5. The molecule has 0 aromatic carbocycles. The van der Waals surface area contributed by atoms with E-state index in [0.717, 1.165) is 0 Å². The second-order valence-electron chi connectivity index (χ2n) is 4.71. The Morgan fingerprint density at radius 1 is 1.56 bits per heavy atom. The number of aromatic nitrogens is 1. The Labute approximate surface area is 109 Å². The highest BCUT2D eigenvalue weighted by molar-refractivity contribution is 7.14. The van der Waals surface area contributed by atoms with E-state index in [4.69, 9.17) is 4.74 Å². The van der Waals surface area contributed by atoms with E-state index in [2.05, 4.69) is 22.5 Å². The van der Waals surface area contributed by atoms with Crippen molar-refractivity contribution in [2.24, 2.45) is 5.41 Å². The van der Waals surface area contributed by atoms with Gasteiger partial charge in [0, 0.05) is 24.3 Å². The molecular formula is C11H15N3O3S. The monoisotopic (exact) mass is 269 g/mol. The third kappa shape index (κ3) is 3.05. The first kappa shape index (κ1) is 13.0. The normalized spacial score (nSPS) is 16.8. The molecule has 1 aromatic heterocycles. The van der Waals surface area contributed by atoms with Crippen molar-refractivity contribution < 1.29 is 14.3 Å². The average Bonchev–Trinajstić information content (AvgIpc) is 2.70. The van der Waals surface area contributed by atoms with E-state index in [9.17, 15) is 9.59 Å². The highest BCUT2D eigenvalue weighted by atomic mass is 32.1. The number of carbonyl (C=O) groups is 2. The van der Waals surface area contributed by atoms with Crippen molar-refractivity contribution in [3.8, 4) is 0 Å². The summed E-state index contributed by atoms with van der Waals surface area (Å²) in [6.45, 7) is 5.36. The Kier molecular flexibility index (Phi) is 3.63. The van der Waals surface area contributed by atoms with Gasteiger partial charge in [-0.05, 0) is 0 Å². The molecule has 0 unspecified atom stereocenters. The fraction of sp³-hybridized carbons (Fsp3) is 0.545. The van der Waals surface area contributed by atoms with Crippen LogP contribution >= 0.6 is 11.3 Å². The SMILES string of the molecule is CC(=O)Nc1nc(C(=O)NCC2(C)COC2)cs1. The molecular weight excluding hydrogens is 254 g/mol. The Hall–Kier alpha value is -1.47. The highest BCUT2D eigenvalue weighted by Crippen LogP contribution is 2.25. The van der Waals surface area contributed by atoms with Gasteiger partial charge < -0.3 is 15.4 Å². The fourth-order valence-corrected chi connectivity index (χ4v) is 2.26. The van der Waals surface area contributed by atoms with Crippen molar-refractivity contribution in [1.82, 2.24) is 10.3 Å². The molecule has 98 valence electrons. The second-order valence-corrected chi connectivity index (χ2v) is 5.56. The summed E-state index contributed by atoms with van der Waals surface area (Å²) in [6.07, 6.45) is 0. The molecule has 2 amide bonds. The summed E-state index contributed by atoms with van der Waals surface area (Å²) in [5.74, 6) is -0.425. The van der Waals surface area contributed by atoms with Gasteiger partial charge in [-0.3, -0.25) is 9.59 Å². The number of rotatable bonds is 4. The van der Waals surface area contributed by atoms with E-state index in [1.165, 1.54) is 18.3 Å². The smallest absolute Gasteiger partial charge is 0.270 e. The summed E-state index contributed by atoms with van der Waals surface area (Å²) >= 11 is 1.23. The largest absolute Gasteiger partial charge is 0.380 e. The van der Waals surface area contributed by atoms with E-state index >= 15 is 0 Å². The minimum absolute atomic E-state index is 0.0339. The Morgan fingerprint density at radius 3 is 2.83 bits per heavy atom. The molecule has 0 aliphatic carbocycles. The van der Waals surface area contributed by atoms with Crippen molar-refractivity contribution in [2.45, 2.75) is 13.8 Å². The van der Waals surface area contributed by atoms with Crippen LogP contribution in [0.2, 0.25) is 0 Å². The lowest BCUT2D eigenvalue weighted by Crippen LogP contribution is -2.48. The van der Waals surface area contributed by atoms with Crippen LogP contribution in [0.4, 0.5) is 5.13 Å². The van der Waals surface area contributed by atoms with Crippen molar-refractivity contribution in [2.75, 3.05) is 25.1 Å². The quantitative estimate of drug-likeness (QED) is 0.850. The van der Waals surface area contributed by atoms with Crippen LogP contribution in [0.1, 0.15) is 24.3 Å². The van der Waals surface area contributed by atoms with Crippen LogP contribution < -0.4 is 10.6 Å². The third-order valence-electron chi connectivity index (χ3n) is 2.60. The van der Waals surface area contributed by atoms with E-state index in [1.54, 1.807) is 5.38 Å². The lowest BCUT2D eigenvalue weighted by atomic mass is 9.89. The zero-order chi connectivity index (χ0) is 13.2. The summed E-state index contributed by atoms with van der Waals surface area (Å²) in [5.41, 5.74) is 0.360. The minimum Gasteiger partial charge on any atom is -0.380 e. The number of amides is 2. The number of thiazole rings is 1. The molecule has 2 rings (SSSR count). The lowest BCUT2D eigenvalue weighted by Gasteiger charge is -2.37. The molecule has 1 saturated heterocycles. The molecule has 1 aliphatic heterocycles. The van der Waals surface area contributed by atoms with Crippen molar-refractivity contribution in [1.29, 1.82) is 0 Å². The first-order valence-corrected chi connectivity index (χ1v) is 6.46. The molecule has 1 fully saturated rings. The molecule has 18 heavy (non-hydrogen) atoms. The Morgan fingerprint density at radius 2 is 2.28 bits per heavy atom. The van der Waals surface area contributed by atoms with Gasteiger partial charge in [-0.15, -0.1) is 11.3 Å². The van der Waals surface area contributed by atoms with Crippen molar-refractivity contribution in [3.63, 3.8) is 0 Å². The van der Waals surface area contributed by atoms with Gasteiger partial charge in [0.2, 0.25) is 5.91 Å². The predicted molar refractivity (Wildman–Crippen MR) is 67.7 cm³/mol. The zero-order valence-corrected chi connectivity index (χ0v) is 11.1. The molecule has 0 radical (unpaired) electrons. The van der Waals surface area contributed by atoms with Crippen LogP contribution in [-0.4, -0.2) is 36.6 Å². The van der Waals surface area contributed by atoms with Crippen LogP contribution in [0, 0.1) is 5.41 Å². The highest BCUT2D eigenvalue weighted by Gasteiger charge is 2.33. The number of ether oxygens (including phenoxy) is 1. The summed E-state index contributed by atoms with van der Waals surface area (Å²) in [5, 5.41) is 7.42. The molecule has 0 spiro atoms. The Balaban J connectivity index is 1.88. The number of nitrogens with one attached hydrogen (secondary N) is 2. The molecule has 6 nitrogen and oxygen atoms in total. The van der Waals surface area contributed by atoms with Crippen LogP contribution in [0.5, 0.6) is 0 Å². The number of hydrogen-bond donors (Lipinski definition) is 2. The maximum absolute atomic E-state index is 11.8. The van der Waals surface area contributed by atoms with Crippen LogP contribution in [0.25, 0.3) is 0 Å². The molecule has 0 bridgehead atoms. The predicted octanol–water partition coefficient (Wildman–Crippen LogP) is 0.868. The van der Waals surface area contributed by atoms with Gasteiger partial charge in [0.15, 0.2) is 5.13 Å². The lowest BCUT2D eigenvalue weighted by molar-refractivity contribution is -0.114.